The van der Waals surface area contributed by atoms with Crippen LogP contribution in [0, 0.1) is 5.92 Å². The van der Waals surface area contributed by atoms with Crippen LogP contribution in [0.15, 0.2) is 0 Å². The van der Waals surface area contributed by atoms with Crippen LogP contribution in [0.25, 0.3) is 0 Å². The van der Waals surface area contributed by atoms with Gasteiger partial charge >= 0.3 is 6.16 Å². The summed E-state index contributed by atoms with van der Waals surface area (Å²) in [6, 6.07) is 0. The predicted molar refractivity (Wildman–Crippen MR) is 67.2 cm³/mol. The van der Waals surface area contributed by atoms with Gasteiger partial charge in [0.1, 0.15) is 6.61 Å². The number of ether oxygens (including phenoxy) is 3. The van der Waals surface area contributed by atoms with Gasteiger partial charge in [0.25, 0.3) is 0 Å². The molecule has 1 aliphatic heterocycles. The van der Waals surface area contributed by atoms with Gasteiger partial charge in [0.05, 0.1) is 6.61 Å². The van der Waals surface area contributed by atoms with Crippen molar-refractivity contribution in [3.63, 3.8) is 0 Å². The van der Waals surface area contributed by atoms with E-state index in [4.69, 9.17) is 14.2 Å². The van der Waals surface area contributed by atoms with Crippen molar-refractivity contribution in [3.8, 4) is 0 Å². The summed E-state index contributed by atoms with van der Waals surface area (Å²) in [5.74, 6) is 0.286. The summed E-state index contributed by atoms with van der Waals surface area (Å²) in [4.78, 5) is 11.2. The zero-order valence-electron chi connectivity index (χ0n) is 11.3. The molecule has 2 aliphatic rings. The Kier molecular flexibility index (Phi) is 4.87. The highest BCUT2D eigenvalue weighted by Gasteiger charge is 2.49. The number of carbonyl (C=O) groups excluding carboxylic acids is 1. The van der Waals surface area contributed by atoms with Crippen LogP contribution >= 0.6 is 0 Å². The third kappa shape index (κ3) is 4.16. The molecule has 0 bridgehead atoms. The molecular formula is C14H24O4. The first-order chi connectivity index (χ1) is 8.74. The number of carbonyl (C=O) groups is 1. The molecule has 4 heteroatoms. The Morgan fingerprint density at radius 2 is 2.06 bits per heavy atom. The fourth-order valence-corrected chi connectivity index (χ4v) is 2.76. The van der Waals surface area contributed by atoms with Gasteiger partial charge in [-0.1, -0.05) is 38.5 Å². The summed E-state index contributed by atoms with van der Waals surface area (Å²) < 4.78 is 15.2. The molecule has 0 amide bonds. The van der Waals surface area contributed by atoms with E-state index < -0.39 is 11.9 Å². The van der Waals surface area contributed by atoms with Crippen LogP contribution in [0.3, 0.4) is 0 Å². The molecule has 2 fully saturated rings. The van der Waals surface area contributed by atoms with E-state index in [1.165, 1.54) is 38.5 Å². The molecule has 1 heterocycles. The van der Waals surface area contributed by atoms with Gasteiger partial charge in [0.2, 0.25) is 5.79 Å². The first kappa shape index (κ1) is 13.7. The smallest absolute Gasteiger partial charge is 0.435 e. The minimum Gasteiger partial charge on any atom is -0.435 e. The van der Waals surface area contributed by atoms with E-state index in [1.54, 1.807) is 6.92 Å². The van der Waals surface area contributed by atoms with Crippen LogP contribution in [0.1, 0.15) is 58.3 Å². The zero-order chi connectivity index (χ0) is 12.8. The van der Waals surface area contributed by atoms with E-state index >= 15 is 0 Å². The summed E-state index contributed by atoms with van der Waals surface area (Å²) >= 11 is 0. The third-order valence-corrected chi connectivity index (χ3v) is 3.89. The SMILES string of the molecule is CCOC(=O)OC1(CCCCC2CCCC2)CO1. The third-order valence-electron chi connectivity index (χ3n) is 3.89. The van der Waals surface area contributed by atoms with Crippen molar-refractivity contribution < 1.29 is 19.0 Å². The average molecular weight is 256 g/mol. The fourth-order valence-electron chi connectivity index (χ4n) is 2.76. The van der Waals surface area contributed by atoms with E-state index in [0.29, 0.717) is 13.2 Å². The lowest BCUT2D eigenvalue weighted by Gasteiger charge is -2.13. The molecule has 104 valence electrons. The second-order valence-corrected chi connectivity index (χ2v) is 5.38. The molecule has 18 heavy (non-hydrogen) atoms. The van der Waals surface area contributed by atoms with E-state index in [-0.39, 0.29) is 0 Å². The average Bonchev–Trinajstić information content (AvgIpc) is 2.90. The maximum Gasteiger partial charge on any atom is 0.510 e. The molecule has 0 aromatic rings. The number of hydrogen-bond acceptors (Lipinski definition) is 4. The molecule has 4 nitrogen and oxygen atoms in total. The molecule has 1 aliphatic carbocycles. The second-order valence-electron chi connectivity index (χ2n) is 5.38. The maximum atomic E-state index is 11.2. The minimum atomic E-state index is -0.651. The molecule has 1 saturated heterocycles. The van der Waals surface area contributed by atoms with Gasteiger partial charge < -0.3 is 14.2 Å². The van der Waals surface area contributed by atoms with E-state index in [1.807, 2.05) is 0 Å². The van der Waals surface area contributed by atoms with E-state index in [9.17, 15) is 4.79 Å². The van der Waals surface area contributed by atoms with Gasteiger partial charge in [-0.3, -0.25) is 0 Å². The fraction of sp³-hybridized carbons (Fsp3) is 0.929. The van der Waals surface area contributed by atoms with Gasteiger partial charge in [-0.05, 0) is 19.3 Å². The summed E-state index contributed by atoms with van der Waals surface area (Å²) in [6.07, 6.45) is 9.41. The van der Waals surface area contributed by atoms with Gasteiger partial charge in [-0.15, -0.1) is 0 Å². The molecule has 0 radical (unpaired) electrons. The Morgan fingerprint density at radius 3 is 2.67 bits per heavy atom. The summed E-state index contributed by atoms with van der Waals surface area (Å²) in [6.45, 7) is 2.63. The summed E-state index contributed by atoms with van der Waals surface area (Å²) in [5, 5.41) is 0. The maximum absolute atomic E-state index is 11.2. The Hall–Kier alpha value is -0.770. The van der Waals surface area contributed by atoms with Crippen molar-refractivity contribution in [2.24, 2.45) is 5.92 Å². The molecule has 1 saturated carbocycles. The van der Waals surface area contributed by atoms with Crippen molar-refractivity contribution >= 4 is 6.16 Å². The molecule has 0 aromatic heterocycles. The second kappa shape index (κ2) is 6.41. The van der Waals surface area contributed by atoms with Crippen molar-refractivity contribution in [3.05, 3.63) is 0 Å². The van der Waals surface area contributed by atoms with Crippen LogP contribution in [0.4, 0.5) is 4.79 Å². The molecule has 0 spiro atoms. The highest BCUT2D eigenvalue weighted by atomic mass is 16.8. The number of epoxide rings is 1. The van der Waals surface area contributed by atoms with Gasteiger partial charge in [0.15, 0.2) is 0 Å². The largest absolute Gasteiger partial charge is 0.510 e. The van der Waals surface area contributed by atoms with Gasteiger partial charge in [0, 0.05) is 6.42 Å². The molecule has 0 aromatic carbocycles. The van der Waals surface area contributed by atoms with Crippen LogP contribution < -0.4 is 0 Å². The monoisotopic (exact) mass is 256 g/mol. The van der Waals surface area contributed by atoms with Crippen LogP contribution in [-0.2, 0) is 14.2 Å². The Labute approximate surface area is 109 Å². The summed E-state index contributed by atoms with van der Waals surface area (Å²) in [7, 11) is 0. The number of rotatable bonds is 7. The topological polar surface area (TPSA) is 48.1 Å². The zero-order valence-corrected chi connectivity index (χ0v) is 11.3. The first-order valence-corrected chi connectivity index (χ1v) is 7.24. The molecule has 1 atom stereocenters. The van der Waals surface area contributed by atoms with Crippen LogP contribution in [-0.4, -0.2) is 25.2 Å². The quantitative estimate of drug-likeness (QED) is 0.396. The van der Waals surface area contributed by atoms with Crippen LogP contribution in [0.5, 0.6) is 0 Å². The lowest BCUT2D eigenvalue weighted by molar-refractivity contribution is -0.0382. The van der Waals surface area contributed by atoms with Crippen molar-refractivity contribution in [1.29, 1.82) is 0 Å². The molecule has 1 unspecified atom stereocenters. The first-order valence-electron chi connectivity index (χ1n) is 7.24. The highest BCUT2D eigenvalue weighted by Crippen LogP contribution is 2.36. The Morgan fingerprint density at radius 1 is 1.33 bits per heavy atom. The molecule has 2 rings (SSSR count). The van der Waals surface area contributed by atoms with E-state index in [2.05, 4.69) is 0 Å². The minimum absolute atomic E-state index is 0.344. The van der Waals surface area contributed by atoms with Crippen molar-refractivity contribution in [2.45, 2.75) is 64.1 Å². The van der Waals surface area contributed by atoms with Crippen LogP contribution in [0.2, 0.25) is 0 Å². The number of unbranched alkanes of at least 4 members (excludes halogenated alkanes) is 1. The highest BCUT2D eigenvalue weighted by molar-refractivity contribution is 5.60. The standard InChI is InChI=1S/C14H24O4/c1-2-16-13(15)18-14(11-17-14)10-6-5-9-12-7-3-4-8-12/h12H,2-11H2,1H3. The Balaban J connectivity index is 1.56. The number of hydrogen-bond donors (Lipinski definition) is 0. The summed E-state index contributed by atoms with van der Waals surface area (Å²) in [5.41, 5.74) is 0. The molecular weight excluding hydrogens is 232 g/mol. The van der Waals surface area contributed by atoms with E-state index in [0.717, 1.165) is 18.8 Å². The lowest BCUT2D eigenvalue weighted by Crippen LogP contribution is -2.22. The molecule has 0 N–H and O–H groups in total. The predicted octanol–water partition coefficient (Wildman–Crippen LogP) is 3.64. The normalized spacial score (nSPS) is 27.2. The van der Waals surface area contributed by atoms with Gasteiger partial charge in [-0.2, -0.15) is 0 Å². The van der Waals surface area contributed by atoms with Crippen molar-refractivity contribution in [2.75, 3.05) is 13.2 Å². The Bertz CT molecular complexity index is 267. The van der Waals surface area contributed by atoms with Gasteiger partial charge in [-0.25, -0.2) is 4.79 Å². The lowest BCUT2D eigenvalue weighted by atomic mass is 9.99. The van der Waals surface area contributed by atoms with Crippen molar-refractivity contribution in [1.82, 2.24) is 0 Å².